The molecule has 0 radical (unpaired) electrons. The number of nitrogens with one attached hydrogen (secondary N) is 2. The highest BCUT2D eigenvalue weighted by Crippen LogP contribution is 2.07. The van der Waals surface area contributed by atoms with Gasteiger partial charge in [-0.1, -0.05) is 0 Å². The fourth-order valence-electron chi connectivity index (χ4n) is 1.53. The number of aromatic nitrogens is 2. The Morgan fingerprint density at radius 2 is 2.10 bits per heavy atom. The predicted octanol–water partition coefficient (Wildman–Crippen LogP) is 2.21. The lowest BCUT2D eigenvalue weighted by molar-refractivity contribution is 0.0914. The maximum absolute atomic E-state index is 11.9. The highest BCUT2D eigenvalue weighted by molar-refractivity contribution is 5.92. The van der Waals surface area contributed by atoms with Gasteiger partial charge in [-0.25, -0.2) is 9.97 Å². The number of hydrogen-bond donors (Lipinski definition) is 2. The zero-order chi connectivity index (χ0) is 14.6. The Morgan fingerprint density at radius 1 is 1.30 bits per heavy atom. The van der Waals surface area contributed by atoms with E-state index in [2.05, 4.69) is 20.6 Å². The van der Waals surface area contributed by atoms with E-state index in [9.17, 15) is 4.79 Å². The second-order valence-electron chi connectivity index (χ2n) is 5.42. The molecule has 0 aliphatic heterocycles. The molecule has 0 saturated heterocycles. The molecule has 2 aromatic heterocycles. The quantitative estimate of drug-likeness (QED) is 0.893. The van der Waals surface area contributed by atoms with Crippen LogP contribution in [-0.2, 0) is 6.54 Å². The third kappa shape index (κ3) is 4.08. The lowest BCUT2D eigenvalue weighted by atomic mass is 10.1. The van der Waals surface area contributed by atoms with Gasteiger partial charge in [0.1, 0.15) is 17.3 Å². The van der Waals surface area contributed by atoms with E-state index in [1.807, 2.05) is 32.9 Å². The van der Waals surface area contributed by atoms with Crippen LogP contribution in [0.3, 0.4) is 0 Å². The third-order valence-corrected chi connectivity index (χ3v) is 2.40. The Labute approximate surface area is 117 Å². The van der Waals surface area contributed by atoms with E-state index in [0.717, 1.165) is 5.76 Å². The first kappa shape index (κ1) is 14.0. The first-order valence-corrected chi connectivity index (χ1v) is 6.35. The van der Waals surface area contributed by atoms with Crippen LogP contribution in [-0.4, -0.2) is 21.4 Å². The van der Waals surface area contributed by atoms with Gasteiger partial charge in [0.15, 0.2) is 0 Å². The van der Waals surface area contributed by atoms with E-state index in [4.69, 9.17) is 4.42 Å². The van der Waals surface area contributed by atoms with Crippen molar-refractivity contribution in [3.63, 3.8) is 0 Å². The number of carbonyl (C=O) groups is 1. The fraction of sp³-hybridized carbons (Fsp3) is 0.357. The average molecular weight is 274 g/mol. The Kier molecular flexibility index (Phi) is 4.02. The summed E-state index contributed by atoms with van der Waals surface area (Å²) in [5.41, 5.74) is -0.00177. The standard InChI is InChI=1S/C14H18N4O2/c1-14(2,3)18-13(19)11-8-17-12(9-15-11)16-7-10-5-4-6-20-10/h4-6,8-9H,7H2,1-3H3,(H,16,17)(H,18,19). The summed E-state index contributed by atoms with van der Waals surface area (Å²) in [5, 5.41) is 5.89. The van der Waals surface area contributed by atoms with Gasteiger partial charge in [0.05, 0.1) is 25.2 Å². The summed E-state index contributed by atoms with van der Waals surface area (Å²) in [5.74, 6) is 1.16. The van der Waals surface area contributed by atoms with Gasteiger partial charge in [-0.3, -0.25) is 4.79 Å². The Hall–Kier alpha value is -2.37. The summed E-state index contributed by atoms with van der Waals surface area (Å²) < 4.78 is 5.20. The molecule has 0 atom stereocenters. The molecule has 0 bridgehead atoms. The number of rotatable bonds is 4. The minimum absolute atomic E-state index is 0.234. The molecule has 2 heterocycles. The van der Waals surface area contributed by atoms with E-state index in [0.29, 0.717) is 18.1 Å². The maximum Gasteiger partial charge on any atom is 0.271 e. The predicted molar refractivity (Wildman–Crippen MR) is 75.3 cm³/mol. The van der Waals surface area contributed by atoms with Gasteiger partial charge in [0, 0.05) is 5.54 Å². The Morgan fingerprint density at radius 3 is 2.65 bits per heavy atom. The molecule has 0 aromatic carbocycles. The monoisotopic (exact) mass is 274 g/mol. The van der Waals surface area contributed by atoms with E-state index in [1.165, 1.54) is 12.4 Å². The largest absolute Gasteiger partial charge is 0.467 e. The van der Waals surface area contributed by atoms with Crippen molar-refractivity contribution in [3.8, 4) is 0 Å². The number of furan rings is 1. The molecule has 0 saturated carbocycles. The van der Waals surface area contributed by atoms with Crippen LogP contribution < -0.4 is 10.6 Å². The van der Waals surface area contributed by atoms with Crippen LogP contribution in [0, 0.1) is 0 Å². The summed E-state index contributed by atoms with van der Waals surface area (Å²) >= 11 is 0. The second kappa shape index (κ2) is 5.73. The first-order valence-electron chi connectivity index (χ1n) is 6.35. The SMILES string of the molecule is CC(C)(C)NC(=O)c1cnc(NCc2ccco2)cn1. The summed E-state index contributed by atoms with van der Waals surface area (Å²) in [7, 11) is 0. The molecule has 6 heteroatoms. The molecular weight excluding hydrogens is 256 g/mol. The van der Waals surface area contributed by atoms with Gasteiger partial charge in [-0.05, 0) is 32.9 Å². The van der Waals surface area contributed by atoms with Crippen LogP contribution in [0.2, 0.25) is 0 Å². The van der Waals surface area contributed by atoms with Crippen molar-refractivity contribution >= 4 is 11.7 Å². The van der Waals surface area contributed by atoms with Crippen molar-refractivity contribution < 1.29 is 9.21 Å². The molecule has 0 fully saturated rings. The van der Waals surface area contributed by atoms with Crippen LogP contribution in [0.5, 0.6) is 0 Å². The first-order chi connectivity index (χ1) is 9.44. The molecule has 0 aliphatic rings. The van der Waals surface area contributed by atoms with E-state index in [1.54, 1.807) is 6.26 Å². The molecule has 2 aromatic rings. The molecule has 1 amide bonds. The molecule has 2 N–H and O–H groups in total. The van der Waals surface area contributed by atoms with Crippen molar-refractivity contribution in [1.29, 1.82) is 0 Å². The van der Waals surface area contributed by atoms with Gasteiger partial charge in [-0.15, -0.1) is 0 Å². The molecule has 106 valence electrons. The van der Waals surface area contributed by atoms with Gasteiger partial charge in [0.25, 0.3) is 5.91 Å². The van der Waals surface area contributed by atoms with Crippen LogP contribution in [0.15, 0.2) is 35.2 Å². The number of anilines is 1. The van der Waals surface area contributed by atoms with Crippen molar-refractivity contribution in [2.45, 2.75) is 32.9 Å². The zero-order valence-electron chi connectivity index (χ0n) is 11.8. The average Bonchev–Trinajstić information content (AvgIpc) is 2.88. The van der Waals surface area contributed by atoms with Crippen LogP contribution in [0.1, 0.15) is 37.0 Å². The number of amides is 1. The number of carbonyl (C=O) groups excluding carboxylic acids is 1. The lowest BCUT2D eigenvalue weighted by Crippen LogP contribution is -2.40. The van der Waals surface area contributed by atoms with Crippen molar-refractivity contribution in [1.82, 2.24) is 15.3 Å². The smallest absolute Gasteiger partial charge is 0.271 e. The third-order valence-electron chi connectivity index (χ3n) is 2.40. The van der Waals surface area contributed by atoms with Crippen LogP contribution in [0.4, 0.5) is 5.82 Å². The fourth-order valence-corrected chi connectivity index (χ4v) is 1.53. The van der Waals surface area contributed by atoms with E-state index < -0.39 is 0 Å². The van der Waals surface area contributed by atoms with E-state index in [-0.39, 0.29) is 11.4 Å². The minimum atomic E-state index is -0.297. The molecule has 0 unspecified atom stereocenters. The van der Waals surface area contributed by atoms with Gasteiger partial charge >= 0.3 is 0 Å². The van der Waals surface area contributed by atoms with Crippen LogP contribution >= 0.6 is 0 Å². The lowest BCUT2D eigenvalue weighted by Gasteiger charge is -2.19. The van der Waals surface area contributed by atoms with Crippen molar-refractivity contribution in [2.75, 3.05) is 5.32 Å². The molecule has 0 spiro atoms. The summed E-state index contributed by atoms with van der Waals surface area (Å²) in [4.78, 5) is 20.1. The number of hydrogen-bond acceptors (Lipinski definition) is 5. The van der Waals surface area contributed by atoms with Crippen LogP contribution in [0.25, 0.3) is 0 Å². The zero-order valence-corrected chi connectivity index (χ0v) is 11.8. The topological polar surface area (TPSA) is 80.0 Å². The minimum Gasteiger partial charge on any atom is -0.467 e. The molecule has 0 aliphatic carbocycles. The Balaban J connectivity index is 1.94. The van der Waals surface area contributed by atoms with Gasteiger partial charge < -0.3 is 15.1 Å². The second-order valence-corrected chi connectivity index (χ2v) is 5.42. The van der Waals surface area contributed by atoms with Gasteiger partial charge in [-0.2, -0.15) is 0 Å². The van der Waals surface area contributed by atoms with E-state index >= 15 is 0 Å². The summed E-state index contributed by atoms with van der Waals surface area (Å²) in [6.07, 6.45) is 4.59. The molecular formula is C14H18N4O2. The normalized spacial score (nSPS) is 11.2. The molecule has 6 nitrogen and oxygen atoms in total. The highest BCUT2D eigenvalue weighted by atomic mass is 16.3. The summed E-state index contributed by atoms with van der Waals surface area (Å²) in [6, 6.07) is 3.69. The molecule has 2 rings (SSSR count). The van der Waals surface area contributed by atoms with Crippen molar-refractivity contribution in [2.24, 2.45) is 0 Å². The van der Waals surface area contributed by atoms with Crippen molar-refractivity contribution in [3.05, 3.63) is 42.2 Å². The maximum atomic E-state index is 11.9. The molecule has 20 heavy (non-hydrogen) atoms. The van der Waals surface area contributed by atoms with Gasteiger partial charge in [0.2, 0.25) is 0 Å². The summed E-state index contributed by atoms with van der Waals surface area (Å²) in [6.45, 7) is 6.27. The Bertz CT molecular complexity index is 556. The number of nitrogens with zero attached hydrogens (tertiary/aromatic N) is 2. The highest BCUT2D eigenvalue weighted by Gasteiger charge is 2.16.